The molecule has 6 rings (SSSR count). The molecule has 2 aliphatic carbocycles. The fourth-order valence-corrected chi connectivity index (χ4v) is 5.95. The van der Waals surface area contributed by atoms with Crippen molar-refractivity contribution in [1.82, 2.24) is 20.2 Å². The maximum Gasteiger partial charge on any atom is 0.410 e. The Bertz CT molecular complexity index is 1690. The first-order chi connectivity index (χ1) is 24.9. The third-order valence-electron chi connectivity index (χ3n) is 9.16. The molecule has 280 valence electrons. The van der Waals surface area contributed by atoms with Gasteiger partial charge in [-0.1, -0.05) is 6.07 Å². The number of pyridine rings is 2. The summed E-state index contributed by atoms with van der Waals surface area (Å²) in [4.78, 5) is 46.1. The van der Waals surface area contributed by atoms with Gasteiger partial charge in [0.2, 0.25) is 0 Å². The van der Waals surface area contributed by atoms with E-state index in [-0.39, 0.29) is 37.2 Å². The zero-order valence-electron chi connectivity index (χ0n) is 30.3. The maximum absolute atomic E-state index is 13.1. The Kier molecular flexibility index (Phi) is 12.9. The van der Waals surface area contributed by atoms with Gasteiger partial charge in [0, 0.05) is 56.1 Å². The number of carboxylic acids is 1. The van der Waals surface area contributed by atoms with Crippen LogP contribution in [0, 0.1) is 0 Å². The molecule has 2 atom stereocenters. The number of aromatic carboxylic acids is 1. The van der Waals surface area contributed by atoms with Gasteiger partial charge in [-0.05, 0) is 113 Å². The average Bonchev–Trinajstić information content (AvgIpc) is 3.08. The number of carbonyl (C=O) groups excluding carboxylic acids is 2. The normalized spacial score (nSPS) is 17.6. The third kappa shape index (κ3) is 10.8. The quantitative estimate of drug-likeness (QED) is 0.154. The fraction of sp³-hybridized carbons (Fsp3) is 0.500. The lowest BCUT2D eigenvalue weighted by Gasteiger charge is -2.40. The number of aliphatic hydroxyl groups excluding tert-OH is 1. The highest BCUT2D eigenvalue weighted by molar-refractivity contribution is 5.93. The van der Waals surface area contributed by atoms with Crippen molar-refractivity contribution in [2.45, 2.75) is 102 Å². The first-order valence-corrected chi connectivity index (χ1v) is 17.8. The molecule has 1 aliphatic heterocycles. The van der Waals surface area contributed by atoms with Crippen LogP contribution in [0.1, 0.15) is 91.4 Å². The zero-order chi connectivity index (χ0) is 37.3. The highest BCUT2D eigenvalue weighted by Gasteiger charge is 2.37. The van der Waals surface area contributed by atoms with Crippen LogP contribution >= 0.6 is 0 Å². The van der Waals surface area contributed by atoms with Crippen LogP contribution in [-0.2, 0) is 22.4 Å². The van der Waals surface area contributed by atoms with E-state index < -0.39 is 29.8 Å². The van der Waals surface area contributed by atoms with Gasteiger partial charge < -0.3 is 40.4 Å². The Balaban J connectivity index is 0.000000310. The van der Waals surface area contributed by atoms with Crippen LogP contribution in [0.3, 0.4) is 0 Å². The Labute approximate surface area is 304 Å². The number of ether oxygens (including phenoxy) is 3. The van der Waals surface area contributed by atoms with Gasteiger partial charge in [-0.25, -0.2) is 14.6 Å². The van der Waals surface area contributed by atoms with E-state index in [1.807, 2.05) is 24.3 Å². The van der Waals surface area contributed by atoms with Crippen LogP contribution < -0.4 is 20.7 Å². The van der Waals surface area contributed by atoms with Gasteiger partial charge in [0.05, 0.1) is 12.1 Å². The van der Waals surface area contributed by atoms with Gasteiger partial charge >= 0.3 is 12.1 Å². The van der Waals surface area contributed by atoms with E-state index in [1.54, 1.807) is 52.3 Å². The third-order valence-corrected chi connectivity index (χ3v) is 9.16. The Morgan fingerprint density at radius 3 is 2.08 bits per heavy atom. The number of aliphatic hydroxyl groups is 1. The molecule has 2 aromatic heterocycles. The number of rotatable bonds is 12. The van der Waals surface area contributed by atoms with Crippen LogP contribution in [-0.4, -0.2) is 93.3 Å². The van der Waals surface area contributed by atoms with Crippen LogP contribution in [0.5, 0.6) is 5.75 Å². The Morgan fingerprint density at radius 2 is 1.52 bits per heavy atom. The number of hydrogen-bond acceptors (Lipinski definition) is 11. The second kappa shape index (κ2) is 17.5. The summed E-state index contributed by atoms with van der Waals surface area (Å²) in [7, 11) is 1.55. The summed E-state index contributed by atoms with van der Waals surface area (Å²) in [5.74, 6) is -0.744. The van der Waals surface area contributed by atoms with Crippen molar-refractivity contribution in [3.8, 4) is 5.75 Å². The van der Waals surface area contributed by atoms with Crippen molar-refractivity contribution >= 4 is 29.3 Å². The highest BCUT2D eigenvalue weighted by atomic mass is 16.7. The van der Waals surface area contributed by atoms with Gasteiger partial charge in [-0.15, -0.1) is 0 Å². The number of hydrogen-bond donors (Lipinski definition) is 5. The smallest absolute Gasteiger partial charge is 0.410 e. The molecule has 14 nitrogen and oxygen atoms in total. The van der Waals surface area contributed by atoms with Gasteiger partial charge in [0.1, 0.15) is 22.7 Å². The van der Waals surface area contributed by atoms with Crippen LogP contribution in [0.15, 0.2) is 54.9 Å². The fourth-order valence-electron chi connectivity index (χ4n) is 5.95. The lowest BCUT2D eigenvalue weighted by molar-refractivity contribution is -0.0114. The van der Waals surface area contributed by atoms with Crippen molar-refractivity contribution in [2.24, 2.45) is 0 Å². The first kappa shape index (κ1) is 38.3. The second-order valence-electron chi connectivity index (χ2n) is 14.3. The number of carboxylic acid groups (broad SMARTS) is 1. The number of amides is 2. The van der Waals surface area contributed by atoms with Crippen molar-refractivity contribution < 1.29 is 38.8 Å². The molecule has 5 N–H and O–H groups in total. The molecule has 0 saturated heterocycles. The minimum atomic E-state index is -1.03. The van der Waals surface area contributed by atoms with Gasteiger partial charge in [-0.2, -0.15) is 0 Å². The summed E-state index contributed by atoms with van der Waals surface area (Å²) in [6.07, 6.45) is 9.01. The lowest BCUT2D eigenvalue weighted by atomic mass is 9.91. The predicted molar refractivity (Wildman–Crippen MR) is 195 cm³/mol. The molecule has 3 aromatic rings. The average molecular weight is 719 g/mol. The minimum Gasteiger partial charge on any atom is -0.477 e. The van der Waals surface area contributed by atoms with E-state index in [9.17, 15) is 19.5 Å². The molecule has 14 heteroatoms. The standard InChI is InChI=1S/C28H38N4O6.C10H12N2O2/c1-28(2,3)38-27(35)32-16-19-12-22(37-17-36-4)9-8-18(19)13-24(32)25(33)15-30-26(34)23-14-21(10-11-29-23)31-20-6-5-7-20;13-10(14)9-6-8(4-5-11-9)12-7-2-1-3-7/h8-12,14,20,24-25,33H,5-7,13,15-17H2,1-4H3,(H,29,31)(H,30,34);4-7H,1-3H2,(H,11,12)(H,13,14)/t24?,25-;/m1./s1. The molecule has 2 fully saturated rings. The number of aromatic nitrogens is 2. The summed E-state index contributed by atoms with van der Waals surface area (Å²) in [5, 5.41) is 29.3. The van der Waals surface area contributed by atoms with Crippen LogP contribution in [0.2, 0.25) is 0 Å². The van der Waals surface area contributed by atoms with Gasteiger partial charge in [0.15, 0.2) is 6.79 Å². The van der Waals surface area contributed by atoms with E-state index in [2.05, 4.69) is 25.9 Å². The molecule has 1 unspecified atom stereocenters. The zero-order valence-corrected chi connectivity index (χ0v) is 30.3. The van der Waals surface area contributed by atoms with Gasteiger partial charge in [-0.3, -0.25) is 14.7 Å². The van der Waals surface area contributed by atoms with Crippen molar-refractivity contribution in [3.05, 3.63) is 77.4 Å². The van der Waals surface area contributed by atoms with Crippen LogP contribution in [0.4, 0.5) is 16.2 Å². The number of benzene rings is 1. The molecule has 2 saturated carbocycles. The molecule has 1 aromatic carbocycles. The molecule has 0 radical (unpaired) electrons. The largest absolute Gasteiger partial charge is 0.477 e. The lowest BCUT2D eigenvalue weighted by Crippen LogP contribution is -2.54. The highest BCUT2D eigenvalue weighted by Crippen LogP contribution is 2.30. The number of carbonyl (C=O) groups is 3. The summed E-state index contributed by atoms with van der Waals surface area (Å²) in [6, 6.07) is 12.9. The summed E-state index contributed by atoms with van der Waals surface area (Å²) in [6.45, 7) is 5.70. The number of anilines is 2. The van der Waals surface area contributed by atoms with E-state index in [1.165, 1.54) is 36.8 Å². The minimum absolute atomic E-state index is 0.0465. The summed E-state index contributed by atoms with van der Waals surface area (Å²) < 4.78 is 16.2. The van der Waals surface area contributed by atoms with E-state index >= 15 is 0 Å². The van der Waals surface area contributed by atoms with Crippen molar-refractivity contribution in [1.29, 1.82) is 0 Å². The number of methoxy groups -OCH3 is 1. The van der Waals surface area contributed by atoms with E-state index in [0.29, 0.717) is 24.3 Å². The molecule has 2 amide bonds. The monoisotopic (exact) mass is 718 g/mol. The van der Waals surface area contributed by atoms with E-state index in [0.717, 1.165) is 35.3 Å². The SMILES string of the molecule is COCOc1ccc2c(c1)CN(C(=O)OC(C)(C)C)C([C@H](O)CNC(=O)c1cc(NC3CCC3)ccn1)C2.O=C(O)c1cc(NC2CCC2)ccn1. The van der Waals surface area contributed by atoms with Gasteiger partial charge in [0.25, 0.3) is 5.91 Å². The van der Waals surface area contributed by atoms with E-state index in [4.69, 9.17) is 19.3 Å². The first-order valence-electron chi connectivity index (χ1n) is 17.8. The number of nitrogens with zero attached hydrogens (tertiary/aromatic N) is 3. The molecule has 3 heterocycles. The molecule has 3 aliphatic rings. The number of nitrogens with one attached hydrogen (secondary N) is 3. The van der Waals surface area contributed by atoms with Crippen molar-refractivity contribution in [3.63, 3.8) is 0 Å². The maximum atomic E-state index is 13.1. The molecule has 0 spiro atoms. The summed E-state index contributed by atoms with van der Waals surface area (Å²) >= 11 is 0. The molecular formula is C38H50N6O8. The molecule has 0 bridgehead atoms. The van der Waals surface area contributed by atoms with Crippen LogP contribution in [0.25, 0.3) is 0 Å². The summed E-state index contributed by atoms with van der Waals surface area (Å²) in [5.41, 5.74) is 3.25. The second-order valence-corrected chi connectivity index (χ2v) is 14.3. The topological polar surface area (TPSA) is 184 Å². The molecule has 52 heavy (non-hydrogen) atoms. The predicted octanol–water partition coefficient (Wildman–Crippen LogP) is 5.23. The van der Waals surface area contributed by atoms with Crippen molar-refractivity contribution in [2.75, 3.05) is 31.1 Å². The Hall–Kier alpha value is -4.95. The molecular weight excluding hydrogens is 668 g/mol. The Morgan fingerprint density at radius 1 is 0.904 bits per heavy atom. The number of fused-ring (bicyclic) bond motifs is 1.